The highest BCUT2D eigenvalue weighted by Crippen LogP contribution is 2.38. The number of halogens is 6. The lowest BCUT2D eigenvalue weighted by atomic mass is 9.92. The van der Waals surface area contributed by atoms with Crippen molar-refractivity contribution in [3.63, 3.8) is 0 Å². The number of piperidine rings is 1. The molecule has 36 heavy (non-hydrogen) atoms. The number of carbonyl (C=O) groups excluding carboxylic acids is 1. The van der Waals surface area contributed by atoms with Gasteiger partial charge in [-0.3, -0.25) is 4.90 Å². The van der Waals surface area contributed by atoms with Gasteiger partial charge in [0.1, 0.15) is 5.60 Å². The van der Waals surface area contributed by atoms with E-state index >= 15 is 0 Å². The van der Waals surface area contributed by atoms with Crippen LogP contribution in [0.25, 0.3) is 0 Å². The van der Waals surface area contributed by atoms with Crippen LogP contribution in [0.3, 0.4) is 0 Å². The maximum absolute atomic E-state index is 13.3. The van der Waals surface area contributed by atoms with Crippen molar-refractivity contribution in [1.29, 1.82) is 0 Å². The summed E-state index contributed by atoms with van der Waals surface area (Å²) in [5, 5.41) is 0. The molecule has 1 aliphatic rings. The molecule has 198 valence electrons. The second kappa shape index (κ2) is 10.3. The normalized spacial score (nSPS) is 19.3. The average Bonchev–Trinajstić information content (AvgIpc) is 2.75. The molecule has 2 aromatic carbocycles. The van der Waals surface area contributed by atoms with Gasteiger partial charge in [-0.15, -0.1) is 0 Å². The molecule has 1 aliphatic heterocycles. The molecule has 0 spiro atoms. The van der Waals surface area contributed by atoms with Crippen molar-refractivity contribution >= 4 is 6.09 Å². The molecular weight excluding hydrogens is 488 g/mol. The van der Waals surface area contributed by atoms with Gasteiger partial charge in [0.15, 0.2) is 0 Å². The molecule has 4 nitrogen and oxygen atoms in total. The highest BCUT2D eigenvalue weighted by Gasteiger charge is 2.39. The minimum absolute atomic E-state index is 0.0868. The summed E-state index contributed by atoms with van der Waals surface area (Å²) in [6, 6.07) is 8.14. The van der Waals surface area contributed by atoms with Crippen LogP contribution in [0, 0.1) is 6.92 Å². The standard InChI is InChI=1S/C26H29F6NO3/c1-16-7-9-18(10-8-16)22-21(6-5-11-33(22)23(34)36-24(2,3)4)35-15-17-12-19(25(27,28)29)14-20(13-17)26(30,31)32/h7-10,12-14,21-22H,5-6,11,15H2,1-4H3/t21-,22-/m1/s1. The number of benzene rings is 2. The summed E-state index contributed by atoms with van der Waals surface area (Å²) in [5.41, 5.74) is -2.09. The van der Waals surface area contributed by atoms with Gasteiger partial charge in [0.2, 0.25) is 0 Å². The Morgan fingerprint density at radius 3 is 2.00 bits per heavy atom. The quantitative estimate of drug-likeness (QED) is 0.390. The number of amides is 1. The summed E-state index contributed by atoms with van der Waals surface area (Å²) in [7, 11) is 0. The molecule has 0 N–H and O–H groups in total. The molecule has 1 saturated heterocycles. The van der Waals surface area contributed by atoms with Gasteiger partial charge in [-0.1, -0.05) is 29.8 Å². The van der Waals surface area contributed by atoms with E-state index in [4.69, 9.17) is 9.47 Å². The van der Waals surface area contributed by atoms with Crippen LogP contribution in [-0.2, 0) is 28.4 Å². The Labute approximate surface area is 206 Å². The molecule has 10 heteroatoms. The van der Waals surface area contributed by atoms with Crippen molar-refractivity contribution in [2.45, 2.75) is 77.2 Å². The third-order valence-corrected chi connectivity index (χ3v) is 5.73. The summed E-state index contributed by atoms with van der Waals surface area (Å²) in [5.74, 6) is 0. The monoisotopic (exact) mass is 517 g/mol. The second-order valence-corrected chi connectivity index (χ2v) is 9.94. The van der Waals surface area contributed by atoms with Crippen LogP contribution in [0.15, 0.2) is 42.5 Å². The van der Waals surface area contributed by atoms with Crippen molar-refractivity contribution in [3.05, 3.63) is 70.3 Å². The summed E-state index contributed by atoms with van der Waals surface area (Å²) in [4.78, 5) is 14.5. The first kappa shape index (κ1) is 27.8. The Morgan fingerprint density at radius 1 is 0.944 bits per heavy atom. The van der Waals surface area contributed by atoms with Crippen LogP contribution >= 0.6 is 0 Å². The molecule has 1 heterocycles. The van der Waals surface area contributed by atoms with Crippen molar-refractivity contribution < 1.29 is 40.6 Å². The average molecular weight is 518 g/mol. The molecule has 0 unspecified atom stereocenters. The number of carbonyl (C=O) groups is 1. The van der Waals surface area contributed by atoms with Crippen LogP contribution in [0.4, 0.5) is 31.1 Å². The van der Waals surface area contributed by atoms with Crippen LogP contribution in [0.2, 0.25) is 0 Å². The second-order valence-electron chi connectivity index (χ2n) is 9.94. The molecule has 1 fully saturated rings. The summed E-state index contributed by atoms with van der Waals surface area (Å²) >= 11 is 0. The molecule has 0 bridgehead atoms. The van der Waals surface area contributed by atoms with Crippen molar-refractivity contribution in [3.8, 4) is 0 Å². The largest absolute Gasteiger partial charge is 0.444 e. The van der Waals surface area contributed by atoms with Gasteiger partial charge in [0, 0.05) is 6.54 Å². The van der Waals surface area contributed by atoms with Crippen LogP contribution < -0.4 is 0 Å². The smallest absolute Gasteiger partial charge is 0.416 e. The van der Waals surface area contributed by atoms with E-state index in [1.807, 2.05) is 31.2 Å². The molecule has 0 radical (unpaired) electrons. The lowest BCUT2D eigenvalue weighted by Gasteiger charge is -2.41. The van der Waals surface area contributed by atoms with Gasteiger partial charge < -0.3 is 9.47 Å². The van der Waals surface area contributed by atoms with E-state index in [1.54, 1.807) is 20.8 Å². The summed E-state index contributed by atoms with van der Waals surface area (Å²) in [6.45, 7) is 6.98. The van der Waals surface area contributed by atoms with E-state index in [0.717, 1.165) is 11.1 Å². The van der Waals surface area contributed by atoms with Crippen LogP contribution in [0.5, 0.6) is 0 Å². The Morgan fingerprint density at radius 2 is 1.50 bits per heavy atom. The minimum Gasteiger partial charge on any atom is -0.444 e. The van der Waals surface area contributed by atoms with E-state index in [9.17, 15) is 31.1 Å². The fraction of sp³-hybridized carbons (Fsp3) is 0.500. The molecule has 0 saturated carbocycles. The Balaban J connectivity index is 1.92. The first-order valence-electron chi connectivity index (χ1n) is 11.5. The Kier molecular flexibility index (Phi) is 7.98. The summed E-state index contributed by atoms with van der Waals surface area (Å²) < 4.78 is 91.0. The maximum atomic E-state index is 13.3. The van der Waals surface area contributed by atoms with E-state index in [-0.39, 0.29) is 11.6 Å². The third-order valence-electron chi connectivity index (χ3n) is 5.73. The van der Waals surface area contributed by atoms with Crippen LogP contribution in [-0.4, -0.2) is 29.2 Å². The first-order chi connectivity index (χ1) is 16.5. The predicted molar refractivity (Wildman–Crippen MR) is 121 cm³/mol. The predicted octanol–water partition coefficient (Wildman–Crippen LogP) is 7.69. The number of ether oxygens (including phenoxy) is 2. The molecule has 1 amide bonds. The van der Waals surface area contributed by atoms with Gasteiger partial charge in [0.25, 0.3) is 0 Å². The van der Waals surface area contributed by atoms with E-state index < -0.39 is 53.9 Å². The van der Waals surface area contributed by atoms with Gasteiger partial charge in [0.05, 0.1) is 29.9 Å². The van der Waals surface area contributed by atoms with E-state index in [0.29, 0.717) is 31.5 Å². The number of hydrogen-bond donors (Lipinski definition) is 0. The number of rotatable bonds is 4. The number of nitrogens with zero attached hydrogens (tertiary/aromatic N) is 1. The molecular formula is C26H29F6NO3. The first-order valence-corrected chi connectivity index (χ1v) is 11.5. The van der Waals surface area contributed by atoms with Gasteiger partial charge in [-0.25, -0.2) is 4.79 Å². The molecule has 2 aromatic rings. The summed E-state index contributed by atoms with van der Waals surface area (Å²) in [6.07, 6.45) is -10.1. The van der Waals surface area contributed by atoms with Crippen molar-refractivity contribution in [1.82, 2.24) is 4.90 Å². The SMILES string of the molecule is Cc1ccc([C@@H]2[C@H](OCc3cc(C(F)(F)F)cc(C(F)(F)F)c3)CCCN2C(=O)OC(C)(C)C)cc1. The number of hydrogen-bond acceptors (Lipinski definition) is 3. The number of alkyl halides is 6. The topological polar surface area (TPSA) is 38.8 Å². The molecule has 0 aromatic heterocycles. The van der Waals surface area contributed by atoms with E-state index in [1.165, 1.54) is 4.90 Å². The van der Waals surface area contributed by atoms with Crippen molar-refractivity contribution in [2.75, 3.05) is 6.54 Å². The number of aryl methyl sites for hydroxylation is 1. The fourth-order valence-electron chi connectivity index (χ4n) is 4.12. The molecule has 3 rings (SSSR count). The lowest BCUT2D eigenvalue weighted by Crippen LogP contribution is -2.47. The zero-order valence-electron chi connectivity index (χ0n) is 20.5. The maximum Gasteiger partial charge on any atom is 0.416 e. The highest BCUT2D eigenvalue weighted by atomic mass is 19.4. The zero-order valence-corrected chi connectivity index (χ0v) is 20.5. The van der Waals surface area contributed by atoms with Crippen molar-refractivity contribution in [2.24, 2.45) is 0 Å². The van der Waals surface area contributed by atoms with Crippen LogP contribution in [0.1, 0.15) is 67.5 Å². The van der Waals surface area contributed by atoms with E-state index in [2.05, 4.69) is 0 Å². The Hall–Kier alpha value is -2.75. The van der Waals surface area contributed by atoms with Gasteiger partial charge >= 0.3 is 18.4 Å². The number of likely N-dealkylation sites (tertiary alicyclic amines) is 1. The van der Waals surface area contributed by atoms with Gasteiger partial charge in [-0.2, -0.15) is 26.3 Å². The Bertz CT molecular complexity index is 1030. The van der Waals surface area contributed by atoms with Gasteiger partial charge in [-0.05, 0) is 69.9 Å². The minimum atomic E-state index is -4.95. The zero-order chi connectivity index (χ0) is 26.9. The molecule has 2 atom stereocenters. The fourth-order valence-corrected chi connectivity index (χ4v) is 4.12. The third kappa shape index (κ3) is 7.15. The molecule has 0 aliphatic carbocycles. The highest BCUT2D eigenvalue weighted by molar-refractivity contribution is 5.69. The lowest BCUT2D eigenvalue weighted by molar-refractivity contribution is -0.143.